The van der Waals surface area contributed by atoms with Crippen LogP contribution in [0.2, 0.25) is 0 Å². The van der Waals surface area contributed by atoms with Crippen LogP contribution < -0.4 is 5.73 Å². The van der Waals surface area contributed by atoms with Crippen LogP contribution >= 0.6 is 0 Å². The molecule has 2 N–H and O–H groups in total. The fourth-order valence-corrected chi connectivity index (χ4v) is 1.31. The second-order valence-electron chi connectivity index (χ2n) is 3.80. The number of rotatable bonds is 4. The van der Waals surface area contributed by atoms with Gasteiger partial charge in [-0.25, -0.2) is 4.98 Å². The third-order valence-corrected chi connectivity index (χ3v) is 2.27. The highest BCUT2D eigenvalue weighted by Gasteiger charge is 2.16. The van der Waals surface area contributed by atoms with E-state index in [0.29, 0.717) is 6.42 Å². The summed E-state index contributed by atoms with van der Waals surface area (Å²) in [7, 11) is 0. The molecule has 0 aromatic carbocycles. The SMILES string of the molecule is Cc1nccn1CCCC(C)(N)C#N. The largest absolute Gasteiger partial charge is 0.335 e. The minimum absolute atomic E-state index is 0.700. The molecule has 0 saturated heterocycles. The predicted molar refractivity (Wildman–Crippen MR) is 54.4 cm³/mol. The van der Waals surface area contributed by atoms with Crippen LogP contribution in [-0.4, -0.2) is 15.1 Å². The monoisotopic (exact) mass is 192 g/mol. The van der Waals surface area contributed by atoms with E-state index in [2.05, 4.69) is 15.6 Å². The summed E-state index contributed by atoms with van der Waals surface area (Å²) in [4.78, 5) is 4.12. The van der Waals surface area contributed by atoms with Gasteiger partial charge in [0.1, 0.15) is 11.4 Å². The number of aromatic nitrogens is 2. The highest BCUT2D eigenvalue weighted by Crippen LogP contribution is 2.09. The van der Waals surface area contributed by atoms with E-state index in [-0.39, 0.29) is 0 Å². The Labute approximate surface area is 84.4 Å². The molecule has 14 heavy (non-hydrogen) atoms. The van der Waals surface area contributed by atoms with E-state index in [0.717, 1.165) is 18.8 Å². The molecule has 1 aromatic heterocycles. The van der Waals surface area contributed by atoms with Gasteiger partial charge < -0.3 is 10.3 Å². The van der Waals surface area contributed by atoms with Gasteiger partial charge in [-0.3, -0.25) is 0 Å². The van der Waals surface area contributed by atoms with Gasteiger partial charge in [0.25, 0.3) is 0 Å². The Morgan fingerprint density at radius 2 is 2.43 bits per heavy atom. The summed E-state index contributed by atoms with van der Waals surface area (Å²) in [6.45, 7) is 4.60. The molecule has 1 atom stereocenters. The summed E-state index contributed by atoms with van der Waals surface area (Å²) in [5.41, 5.74) is 5.01. The van der Waals surface area contributed by atoms with Crippen molar-refractivity contribution >= 4 is 0 Å². The molecule has 0 radical (unpaired) electrons. The van der Waals surface area contributed by atoms with E-state index in [9.17, 15) is 0 Å². The summed E-state index contributed by atoms with van der Waals surface area (Å²) >= 11 is 0. The summed E-state index contributed by atoms with van der Waals surface area (Å²) < 4.78 is 2.06. The van der Waals surface area contributed by atoms with Crippen molar-refractivity contribution in [3.05, 3.63) is 18.2 Å². The molecule has 1 rings (SSSR count). The first-order chi connectivity index (χ1) is 6.55. The molecular formula is C10H16N4. The van der Waals surface area contributed by atoms with Crippen LogP contribution in [0.3, 0.4) is 0 Å². The highest BCUT2D eigenvalue weighted by molar-refractivity contribution is 5.00. The topological polar surface area (TPSA) is 67.6 Å². The Kier molecular flexibility index (Phi) is 3.26. The van der Waals surface area contributed by atoms with Crippen molar-refractivity contribution in [1.82, 2.24) is 9.55 Å². The summed E-state index contributed by atoms with van der Waals surface area (Å²) in [5, 5.41) is 8.71. The van der Waals surface area contributed by atoms with E-state index in [1.54, 1.807) is 13.1 Å². The van der Waals surface area contributed by atoms with Crippen LogP contribution in [0.1, 0.15) is 25.6 Å². The van der Waals surface area contributed by atoms with Gasteiger partial charge >= 0.3 is 0 Å². The number of nitrogens with two attached hydrogens (primary N) is 1. The molecule has 4 nitrogen and oxygen atoms in total. The average molecular weight is 192 g/mol. The van der Waals surface area contributed by atoms with Gasteiger partial charge in [-0.1, -0.05) is 0 Å². The number of hydrogen-bond acceptors (Lipinski definition) is 3. The molecule has 0 aliphatic heterocycles. The van der Waals surface area contributed by atoms with Crippen molar-refractivity contribution in [2.75, 3.05) is 0 Å². The molecule has 1 heterocycles. The Morgan fingerprint density at radius 1 is 1.71 bits per heavy atom. The first kappa shape index (κ1) is 10.7. The lowest BCUT2D eigenvalue weighted by Crippen LogP contribution is -2.34. The molecule has 0 bridgehead atoms. The lowest BCUT2D eigenvalue weighted by molar-refractivity contribution is 0.485. The van der Waals surface area contributed by atoms with Crippen LogP contribution in [0.4, 0.5) is 0 Å². The summed E-state index contributed by atoms with van der Waals surface area (Å²) in [6.07, 6.45) is 5.33. The zero-order valence-corrected chi connectivity index (χ0v) is 8.70. The van der Waals surface area contributed by atoms with E-state index < -0.39 is 5.54 Å². The fraction of sp³-hybridized carbons (Fsp3) is 0.600. The Hall–Kier alpha value is -1.34. The number of hydrogen-bond donors (Lipinski definition) is 1. The van der Waals surface area contributed by atoms with Crippen molar-refractivity contribution in [2.45, 2.75) is 38.8 Å². The van der Waals surface area contributed by atoms with Crippen LogP contribution in [0.15, 0.2) is 12.4 Å². The van der Waals surface area contributed by atoms with Crippen molar-refractivity contribution < 1.29 is 0 Å². The minimum atomic E-state index is -0.700. The van der Waals surface area contributed by atoms with Crippen LogP contribution in [0.25, 0.3) is 0 Å². The van der Waals surface area contributed by atoms with Gasteiger partial charge in [-0.05, 0) is 26.7 Å². The Morgan fingerprint density at radius 3 is 2.93 bits per heavy atom. The number of nitriles is 1. The first-order valence-corrected chi connectivity index (χ1v) is 4.73. The fourth-order valence-electron chi connectivity index (χ4n) is 1.31. The van der Waals surface area contributed by atoms with E-state index in [1.165, 1.54) is 0 Å². The summed E-state index contributed by atoms with van der Waals surface area (Å²) in [6, 6.07) is 2.09. The molecule has 1 unspecified atom stereocenters. The van der Waals surface area contributed by atoms with Crippen molar-refractivity contribution in [2.24, 2.45) is 5.73 Å². The van der Waals surface area contributed by atoms with Crippen LogP contribution in [0.5, 0.6) is 0 Å². The molecule has 76 valence electrons. The molecular weight excluding hydrogens is 176 g/mol. The van der Waals surface area contributed by atoms with Gasteiger partial charge in [0.2, 0.25) is 0 Å². The number of nitrogens with zero attached hydrogens (tertiary/aromatic N) is 3. The first-order valence-electron chi connectivity index (χ1n) is 4.73. The second-order valence-corrected chi connectivity index (χ2v) is 3.80. The Bertz CT molecular complexity index is 332. The smallest absolute Gasteiger partial charge is 0.105 e. The third-order valence-electron chi connectivity index (χ3n) is 2.27. The van der Waals surface area contributed by atoms with Gasteiger partial charge in [-0.15, -0.1) is 0 Å². The quantitative estimate of drug-likeness (QED) is 0.779. The maximum absolute atomic E-state index is 8.71. The third kappa shape index (κ3) is 2.86. The number of aryl methyl sites for hydroxylation is 2. The lowest BCUT2D eigenvalue weighted by Gasteiger charge is -2.15. The van der Waals surface area contributed by atoms with Gasteiger partial charge in [0.15, 0.2) is 0 Å². The zero-order chi connectivity index (χ0) is 10.6. The van der Waals surface area contributed by atoms with E-state index >= 15 is 0 Å². The molecule has 4 heteroatoms. The minimum Gasteiger partial charge on any atom is -0.335 e. The average Bonchev–Trinajstić information content (AvgIpc) is 2.52. The standard InChI is InChI=1S/C10H16N4/c1-9-13-5-7-14(9)6-3-4-10(2,12)8-11/h5,7H,3-4,6,12H2,1-2H3. The normalized spacial score (nSPS) is 14.7. The van der Waals surface area contributed by atoms with Gasteiger partial charge in [0, 0.05) is 18.9 Å². The maximum Gasteiger partial charge on any atom is 0.105 e. The molecule has 0 aliphatic carbocycles. The zero-order valence-electron chi connectivity index (χ0n) is 8.70. The molecule has 1 aromatic rings. The summed E-state index contributed by atoms with van der Waals surface area (Å²) in [5.74, 6) is 1.00. The molecule has 0 amide bonds. The molecule has 0 saturated carbocycles. The number of imidazole rings is 1. The lowest BCUT2D eigenvalue weighted by atomic mass is 9.99. The molecule has 0 fully saturated rings. The maximum atomic E-state index is 8.71. The second kappa shape index (κ2) is 4.25. The van der Waals surface area contributed by atoms with Crippen molar-refractivity contribution in [1.29, 1.82) is 5.26 Å². The van der Waals surface area contributed by atoms with Crippen LogP contribution in [0, 0.1) is 18.3 Å². The van der Waals surface area contributed by atoms with Crippen molar-refractivity contribution in [3.8, 4) is 6.07 Å². The van der Waals surface area contributed by atoms with Gasteiger partial charge in [-0.2, -0.15) is 5.26 Å². The predicted octanol–water partition coefficient (Wildman–Crippen LogP) is 1.21. The van der Waals surface area contributed by atoms with E-state index in [1.807, 2.05) is 13.1 Å². The van der Waals surface area contributed by atoms with Crippen LogP contribution in [-0.2, 0) is 6.54 Å². The Balaban J connectivity index is 2.37. The van der Waals surface area contributed by atoms with Gasteiger partial charge in [0.05, 0.1) is 6.07 Å². The molecule has 0 spiro atoms. The van der Waals surface area contributed by atoms with E-state index in [4.69, 9.17) is 11.0 Å². The molecule has 0 aliphatic rings. The highest BCUT2D eigenvalue weighted by atomic mass is 15.0. The van der Waals surface area contributed by atoms with Crippen molar-refractivity contribution in [3.63, 3.8) is 0 Å².